The molecule has 0 spiro atoms. The van der Waals surface area contributed by atoms with Crippen molar-refractivity contribution in [1.82, 2.24) is 15.2 Å². The monoisotopic (exact) mass is 560 g/mol. The van der Waals surface area contributed by atoms with Crippen LogP contribution in [0.25, 0.3) is 22.3 Å². The van der Waals surface area contributed by atoms with Crippen molar-refractivity contribution in [2.45, 2.75) is 71.1 Å². The first-order valence-electron chi connectivity index (χ1n) is 14.0. The Morgan fingerprint density at radius 1 is 1.07 bits per heavy atom. The van der Waals surface area contributed by atoms with Crippen molar-refractivity contribution in [2.75, 3.05) is 18.8 Å². The smallest absolute Gasteiger partial charge is 0.410 e. The van der Waals surface area contributed by atoms with Crippen LogP contribution in [0.3, 0.4) is 0 Å². The maximum absolute atomic E-state index is 15.0. The number of carbonyl (C=O) groups excluding carboxylic acids is 2. The Morgan fingerprint density at radius 2 is 1.78 bits per heavy atom. The summed E-state index contributed by atoms with van der Waals surface area (Å²) in [7, 11) is 0. The van der Waals surface area contributed by atoms with Crippen molar-refractivity contribution >= 4 is 17.8 Å². The minimum atomic E-state index is -0.659. The highest BCUT2D eigenvalue weighted by molar-refractivity contribution is 5.97. The van der Waals surface area contributed by atoms with E-state index in [1.165, 1.54) is 0 Å². The van der Waals surface area contributed by atoms with E-state index >= 15 is 4.39 Å². The Balaban J connectivity index is 1.31. The Hall–Kier alpha value is -4.14. The molecule has 41 heavy (non-hydrogen) atoms. The Labute approximate surface area is 240 Å². The number of rotatable bonds is 4. The molecule has 1 saturated heterocycles. The quantitative estimate of drug-likeness (QED) is 0.380. The maximum atomic E-state index is 15.0. The number of fused-ring (bicyclic) bond motifs is 1. The van der Waals surface area contributed by atoms with Crippen LogP contribution in [0.15, 0.2) is 48.5 Å². The van der Waals surface area contributed by atoms with Crippen LogP contribution in [-0.4, -0.2) is 52.2 Å². The normalized spacial score (nSPS) is 18.3. The van der Waals surface area contributed by atoms with E-state index < -0.39 is 17.1 Å². The van der Waals surface area contributed by atoms with Gasteiger partial charge in [-0.05, 0) is 82.0 Å². The molecule has 1 aromatic heterocycles. The van der Waals surface area contributed by atoms with Crippen molar-refractivity contribution in [3.63, 3.8) is 0 Å². The molecule has 9 heteroatoms. The van der Waals surface area contributed by atoms with Crippen LogP contribution in [0.1, 0.15) is 63.4 Å². The molecule has 3 heterocycles. The van der Waals surface area contributed by atoms with Gasteiger partial charge in [0.1, 0.15) is 23.3 Å². The summed E-state index contributed by atoms with van der Waals surface area (Å²) in [5.41, 5.74) is 9.07. The summed E-state index contributed by atoms with van der Waals surface area (Å²) in [5, 5.41) is 2.84. The minimum absolute atomic E-state index is 0.0813. The number of nitrogen functional groups attached to an aromatic ring is 1. The fourth-order valence-corrected chi connectivity index (χ4v) is 5.54. The first-order chi connectivity index (χ1) is 19.3. The van der Waals surface area contributed by atoms with Gasteiger partial charge in [0.05, 0.1) is 0 Å². The number of benzene rings is 2. The Kier molecular flexibility index (Phi) is 7.40. The standard InChI is InChI=1S/C32H37FN4O4/c1-31(2,3)41-30(39)37-15-13-23(18-32(37,4)5)40-22-9-6-19(7-10-22)25-17-26(28(34)36-27(25)33)20-8-11-24-21(16-20)12-14-35-29(24)38/h6-11,16-17,23H,12-15,18H2,1-5H3,(H2,34,36)(H,35,38). The van der Waals surface area contributed by atoms with E-state index in [1.54, 1.807) is 29.2 Å². The number of pyridine rings is 1. The van der Waals surface area contributed by atoms with Gasteiger partial charge in [-0.15, -0.1) is 0 Å². The van der Waals surface area contributed by atoms with Gasteiger partial charge in [0, 0.05) is 48.2 Å². The Bertz CT molecular complexity index is 1480. The second-order valence-corrected chi connectivity index (χ2v) is 12.3. The van der Waals surface area contributed by atoms with E-state index in [0.29, 0.717) is 53.9 Å². The molecule has 2 aliphatic rings. The van der Waals surface area contributed by atoms with Gasteiger partial charge in [-0.1, -0.05) is 24.3 Å². The van der Waals surface area contributed by atoms with Crippen molar-refractivity contribution in [1.29, 1.82) is 0 Å². The average molecular weight is 561 g/mol. The summed E-state index contributed by atoms with van der Waals surface area (Å²) in [6.45, 7) is 10.7. The summed E-state index contributed by atoms with van der Waals surface area (Å²) in [6.07, 6.45) is 1.64. The van der Waals surface area contributed by atoms with Crippen LogP contribution in [0.4, 0.5) is 15.0 Å². The molecule has 3 aromatic rings. The van der Waals surface area contributed by atoms with Gasteiger partial charge in [-0.2, -0.15) is 4.39 Å². The molecular weight excluding hydrogens is 523 g/mol. The van der Waals surface area contributed by atoms with Crippen molar-refractivity contribution in [3.05, 3.63) is 65.6 Å². The molecular formula is C32H37FN4O4. The number of nitrogens with two attached hydrogens (primary N) is 1. The molecule has 2 aliphatic heterocycles. The van der Waals surface area contributed by atoms with E-state index in [4.69, 9.17) is 15.2 Å². The lowest BCUT2D eigenvalue weighted by molar-refractivity contribution is -0.0262. The van der Waals surface area contributed by atoms with Gasteiger partial charge in [0.15, 0.2) is 0 Å². The van der Waals surface area contributed by atoms with Crippen molar-refractivity contribution in [3.8, 4) is 28.0 Å². The molecule has 8 nitrogen and oxygen atoms in total. The zero-order chi connectivity index (χ0) is 29.5. The van der Waals surface area contributed by atoms with Crippen LogP contribution in [-0.2, 0) is 11.2 Å². The van der Waals surface area contributed by atoms with Gasteiger partial charge in [-0.25, -0.2) is 9.78 Å². The molecule has 0 saturated carbocycles. The molecule has 216 valence electrons. The van der Waals surface area contributed by atoms with E-state index in [0.717, 1.165) is 17.5 Å². The number of hydrogen-bond acceptors (Lipinski definition) is 6. The van der Waals surface area contributed by atoms with Crippen LogP contribution in [0.5, 0.6) is 5.75 Å². The lowest BCUT2D eigenvalue weighted by Gasteiger charge is -2.45. The predicted molar refractivity (Wildman–Crippen MR) is 156 cm³/mol. The first kappa shape index (κ1) is 28.4. The van der Waals surface area contributed by atoms with E-state index in [1.807, 2.05) is 58.9 Å². The SMILES string of the molecule is CC(C)(C)OC(=O)N1CCC(Oc2ccc(-c3cc(-c4ccc5c(c4)CCNC5=O)c(N)nc3F)cc2)CC1(C)C. The van der Waals surface area contributed by atoms with E-state index in [9.17, 15) is 9.59 Å². The topological polar surface area (TPSA) is 107 Å². The van der Waals surface area contributed by atoms with Crippen molar-refractivity contribution < 1.29 is 23.5 Å². The number of likely N-dealkylation sites (tertiary alicyclic amines) is 1. The van der Waals surface area contributed by atoms with Crippen LogP contribution < -0.4 is 15.8 Å². The van der Waals surface area contributed by atoms with Gasteiger partial charge in [0.2, 0.25) is 5.95 Å². The zero-order valence-corrected chi connectivity index (χ0v) is 24.2. The largest absolute Gasteiger partial charge is 0.490 e. The molecule has 1 unspecified atom stereocenters. The summed E-state index contributed by atoms with van der Waals surface area (Å²) in [4.78, 5) is 30.6. The number of nitrogens with one attached hydrogen (secondary N) is 1. The zero-order valence-electron chi connectivity index (χ0n) is 24.2. The molecule has 0 aliphatic carbocycles. The summed E-state index contributed by atoms with van der Waals surface area (Å²) < 4.78 is 26.9. The summed E-state index contributed by atoms with van der Waals surface area (Å²) in [5.74, 6) is 0.000648. The van der Waals surface area contributed by atoms with Gasteiger partial charge in [0.25, 0.3) is 5.91 Å². The minimum Gasteiger partial charge on any atom is -0.490 e. The third-order valence-electron chi connectivity index (χ3n) is 7.56. The van der Waals surface area contributed by atoms with Gasteiger partial charge >= 0.3 is 6.09 Å². The van der Waals surface area contributed by atoms with Crippen LogP contribution >= 0.6 is 0 Å². The van der Waals surface area contributed by atoms with Gasteiger partial charge < -0.3 is 25.4 Å². The van der Waals surface area contributed by atoms with Crippen LogP contribution in [0, 0.1) is 5.95 Å². The highest BCUT2D eigenvalue weighted by Gasteiger charge is 2.40. The third kappa shape index (κ3) is 6.14. The molecule has 0 bridgehead atoms. The lowest BCUT2D eigenvalue weighted by Crippen LogP contribution is -2.56. The van der Waals surface area contributed by atoms with Crippen LogP contribution in [0.2, 0.25) is 0 Å². The third-order valence-corrected chi connectivity index (χ3v) is 7.56. The molecule has 2 amide bonds. The fraction of sp³-hybridized carbons (Fsp3) is 0.406. The van der Waals surface area contributed by atoms with Crippen molar-refractivity contribution in [2.24, 2.45) is 0 Å². The fourth-order valence-electron chi connectivity index (χ4n) is 5.54. The average Bonchev–Trinajstić information content (AvgIpc) is 2.88. The first-order valence-corrected chi connectivity index (χ1v) is 14.0. The number of hydrogen-bond donors (Lipinski definition) is 2. The number of halogens is 1. The number of nitrogens with zero attached hydrogens (tertiary/aromatic N) is 2. The summed E-state index contributed by atoms with van der Waals surface area (Å²) >= 11 is 0. The highest BCUT2D eigenvalue weighted by Crippen LogP contribution is 2.35. The number of anilines is 1. The Morgan fingerprint density at radius 3 is 2.46 bits per heavy atom. The number of carbonyl (C=O) groups is 2. The molecule has 0 radical (unpaired) electrons. The molecule has 2 aromatic carbocycles. The molecule has 5 rings (SSSR count). The predicted octanol–water partition coefficient (Wildman–Crippen LogP) is 5.98. The molecule has 1 atom stereocenters. The lowest BCUT2D eigenvalue weighted by atomic mass is 9.88. The summed E-state index contributed by atoms with van der Waals surface area (Å²) in [6, 6.07) is 14.4. The molecule has 3 N–H and O–H groups in total. The van der Waals surface area contributed by atoms with E-state index in [2.05, 4.69) is 10.3 Å². The molecule has 1 fully saturated rings. The highest BCUT2D eigenvalue weighted by atomic mass is 19.1. The number of piperidine rings is 1. The van der Waals surface area contributed by atoms with E-state index in [-0.39, 0.29) is 23.9 Å². The number of aromatic nitrogens is 1. The maximum Gasteiger partial charge on any atom is 0.410 e. The number of amides is 2. The second-order valence-electron chi connectivity index (χ2n) is 12.3. The van der Waals surface area contributed by atoms with Gasteiger partial charge in [-0.3, -0.25) is 4.79 Å². The number of ether oxygens (including phenoxy) is 2. The second kappa shape index (κ2) is 10.7.